The largest absolute Gasteiger partial charge is 0.455 e. The number of rotatable bonds is 8. The number of nitrogens with one attached hydrogen (secondary N) is 2. The smallest absolute Gasteiger partial charge is 0.287 e. The zero-order valence-corrected chi connectivity index (χ0v) is 15.8. The first-order chi connectivity index (χ1) is 12.4. The molecule has 0 saturated carbocycles. The number of benzene rings is 1. The summed E-state index contributed by atoms with van der Waals surface area (Å²) in [4.78, 5) is 25.8. The first kappa shape index (κ1) is 19.7. The third-order valence-corrected chi connectivity index (χ3v) is 4.21. The van der Waals surface area contributed by atoms with Gasteiger partial charge in [0.15, 0.2) is 5.76 Å². The Morgan fingerprint density at radius 3 is 2.54 bits per heavy atom. The lowest BCUT2D eigenvalue weighted by molar-refractivity contribution is -0.114. The molecule has 1 atom stereocenters. The van der Waals surface area contributed by atoms with E-state index in [4.69, 9.17) is 4.42 Å². The molecule has 0 unspecified atom stereocenters. The molecule has 0 aliphatic rings. The molecule has 2 aromatic rings. The van der Waals surface area contributed by atoms with Crippen LogP contribution in [0.3, 0.4) is 0 Å². The molecule has 0 fully saturated rings. The number of furan rings is 1. The molecule has 0 aliphatic carbocycles. The van der Waals surface area contributed by atoms with Crippen LogP contribution in [0.1, 0.15) is 55.6 Å². The van der Waals surface area contributed by atoms with Gasteiger partial charge in [-0.05, 0) is 49.8 Å². The summed E-state index contributed by atoms with van der Waals surface area (Å²) in [5, 5.41) is 5.67. The normalized spacial score (nSPS) is 12.0. The fraction of sp³-hybridized carbons (Fsp3) is 0.400. The van der Waals surface area contributed by atoms with Crippen molar-refractivity contribution in [1.82, 2.24) is 10.2 Å². The van der Waals surface area contributed by atoms with Gasteiger partial charge in [-0.1, -0.05) is 26.0 Å². The lowest BCUT2D eigenvalue weighted by atomic mass is 10.1. The predicted octanol–water partition coefficient (Wildman–Crippen LogP) is 3.57. The maximum atomic E-state index is 12.4. The number of hydrogen-bond donors (Lipinski definition) is 2. The average molecular weight is 357 g/mol. The quantitative estimate of drug-likeness (QED) is 0.757. The van der Waals surface area contributed by atoms with Gasteiger partial charge in [0.25, 0.3) is 5.91 Å². The number of hydrogen-bond acceptors (Lipinski definition) is 4. The van der Waals surface area contributed by atoms with Crippen LogP contribution in [0.15, 0.2) is 40.8 Å². The maximum Gasteiger partial charge on any atom is 0.287 e. The summed E-state index contributed by atoms with van der Waals surface area (Å²) in [7, 11) is 0. The first-order valence-electron chi connectivity index (χ1n) is 8.92. The summed E-state index contributed by atoms with van der Waals surface area (Å²) in [6.45, 7) is 10.1. The fourth-order valence-electron chi connectivity index (χ4n) is 2.69. The SMILES string of the molecule is CCN(CC)Cc1ccc(C(=O)N[C@@H](C)c2cccc(NC(C)=O)c2)o1. The van der Waals surface area contributed by atoms with E-state index in [1.54, 1.807) is 6.07 Å². The highest BCUT2D eigenvalue weighted by Gasteiger charge is 2.16. The molecule has 140 valence electrons. The second-order valence-electron chi connectivity index (χ2n) is 6.23. The Kier molecular flexibility index (Phi) is 6.97. The van der Waals surface area contributed by atoms with Crippen molar-refractivity contribution in [3.63, 3.8) is 0 Å². The van der Waals surface area contributed by atoms with Gasteiger partial charge < -0.3 is 15.1 Å². The number of carbonyl (C=O) groups excluding carboxylic acids is 2. The van der Waals surface area contributed by atoms with Gasteiger partial charge >= 0.3 is 0 Å². The van der Waals surface area contributed by atoms with Crippen molar-refractivity contribution < 1.29 is 14.0 Å². The number of carbonyl (C=O) groups is 2. The number of nitrogens with zero attached hydrogens (tertiary/aromatic N) is 1. The molecule has 1 aromatic carbocycles. The standard InChI is InChI=1S/C20H27N3O3/c1-5-23(6-2)13-18-10-11-19(26-18)20(25)21-14(3)16-8-7-9-17(12-16)22-15(4)24/h7-12,14H,5-6,13H2,1-4H3,(H,21,25)(H,22,24)/t14-/m0/s1. The second-order valence-corrected chi connectivity index (χ2v) is 6.23. The van der Waals surface area contributed by atoms with Gasteiger partial charge in [0.05, 0.1) is 12.6 Å². The Hall–Kier alpha value is -2.60. The molecule has 1 heterocycles. The molecule has 2 N–H and O–H groups in total. The monoisotopic (exact) mass is 357 g/mol. The van der Waals surface area contributed by atoms with E-state index < -0.39 is 0 Å². The van der Waals surface area contributed by atoms with Crippen molar-refractivity contribution in [3.8, 4) is 0 Å². The summed E-state index contributed by atoms with van der Waals surface area (Å²) in [5.41, 5.74) is 1.61. The predicted molar refractivity (Wildman–Crippen MR) is 102 cm³/mol. The molecular formula is C20H27N3O3. The minimum atomic E-state index is -0.256. The van der Waals surface area contributed by atoms with Crippen LogP contribution in [-0.2, 0) is 11.3 Å². The molecule has 0 bridgehead atoms. The Bertz CT molecular complexity index is 750. The highest BCUT2D eigenvalue weighted by atomic mass is 16.4. The zero-order valence-electron chi connectivity index (χ0n) is 15.8. The molecule has 2 rings (SSSR count). The Balaban J connectivity index is 2.01. The molecule has 2 amide bonds. The Morgan fingerprint density at radius 1 is 1.15 bits per heavy atom. The summed E-state index contributed by atoms with van der Waals surface area (Å²) in [6, 6.07) is 10.7. The summed E-state index contributed by atoms with van der Waals surface area (Å²) in [6.07, 6.45) is 0. The molecule has 0 saturated heterocycles. The molecule has 6 heteroatoms. The first-order valence-corrected chi connectivity index (χ1v) is 8.92. The molecule has 0 radical (unpaired) electrons. The van der Waals surface area contributed by atoms with Crippen LogP contribution in [0.4, 0.5) is 5.69 Å². The van der Waals surface area contributed by atoms with Gasteiger partial charge in [-0.2, -0.15) is 0 Å². The van der Waals surface area contributed by atoms with Gasteiger partial charge in [-0.3, -0.25) is 14.5 Å². The van der Waals surface area contributed by atoms with E-state index in [1.165, 1.54) is 6.92 Å². The van der Waals surface area contributed by atoms with Crippen molar-refractivity contribution in [2.45, 2.75) is 40.3 Å². The van der Waals surface area contributed by atoms with Gasteiger partial charge in [0.2, 0.25) is 5.91 Å². The van der Waals surface area contributed by atoms with E-state index in [9.17, 15) is 9.59 Å². The van der Waals surface area contributed by atoms with E-state index in [2.05, 4.69) is 29.4 Å². The minimum Gasteiger partial charge on any atom is -0.455 e. The van der Waals surface area contributed by atoms with Crippen LogP contribution in [0.25, 0.3) is 0 Å². The van der Waals surface area contributed by atoms with Crippen LogP contribution in [-0.4, -0.2) is 29.8 Å². The summed E-state index contributed by atoms with van der Waals surface area (Å²) >= 11 is 0. The lowest BCUT2D eigenvalue weighted by Crippen LogP contribution is -2.26. The van der Waals surface area contributed by atoms with Crippen molar-refractivity contribution in [2.24, 2.45) is 0 Å². The molecular weight excluding hydrogens is 330 g/mol. The summed E-state index contributed by atoms with van der Waals surface area (Å²) in [5.74, 6) is 0.694. The number of amides is 2. The van der Waals surface area contributed by atoms with Crippen LogP contribution in [0.5, 0.6) is 0 Å². The summed E-state index contributed by atoms with van der Waals surface area (Å²) < 4.78 is 5.68. The van der Waals surface area contributed by atoms with Crippen LogP contribution in [0, 0.1) is 0 Å². The molecule has 26 heavy (non-hydrogen) atoms. The maximum absolute atomic E-state index is 12.4. The Labute approximate surface area is 154 Å². The van der Waals surface area contributed by atoms with Gasteiger partial charge in [0.1, 0.15) is 5.76 Å². The van der Waals surface area contributed by atoms with Gasteiger partial charge in [-0.25, -0.2) is 0 Å². The van der Waals surface area contributed by atoms with Crippen molar-refractivity contribution in [3.05, 3.63) is 53.5 Å². The van der Waals surface area contributed by atoms with Crippen LogP contribution >= 0.6 is 0 Å². The van der Waals surface area contributed by atoms with Crippen molar-refractivity contribution in [2.75, 3.05) is 18.4 Å². The Morgan fingerprint density at radius 2 is 1.88 bits per heavy atom. The third kappa shape index (κ3) is 5.46. The number of anilines is 1. The third-order valence-electron chi connectivity index (χ3n) is 4.21. The second kappa shape index (κ2) is 9.20. The zero-order chi connectivity index (χ0) is 19.1. The average Bonchev–Trinajstić information content (AvgIpc) is 3.08. The van der Waals surface area contributed by atoms with E-state index in [0.717, 1.165) is 24.4 Å². The molecule has 6 nitrogen and oxygen atoms in total. The van der Waals surface area contributed by atoms with Crippen LogP contribution < -0.4 is 10.6 Å². The van der Waals surface area contributed by atoms with Crippen LogP contribution in [0.2, 0.25) is 0 Å². The van der Waals surface area contributed by atoms with Crippen molar-refractivity contribution in [1.29, 1.82) is 0 Å². The highest BCUT2D eigenvalue weighted by molar-refractivity contribution is 5.92. The fourth-order valence-corrected chi connectivity index (χ4v) is 2.69. The lowest BCUT2D eigenvalue weighted by Gasteiger charge is -2.16. The minimum absolute atomic E-state index is 0.129. The highest BCUT2D eigenvalue weighted by Crippen LogP contribution is 2.18. The van der Waals surface area contributed by atoms with E-state index in [1.807, 2.05) is 37.3 Å². The molecule has 1 aromatic heterocycles. The van der Waals surface area contributed by atoms with Gasteiger partial charge in [0, 0.05) is 12.6 Å². The topological polar surface area (TPSA) is 74.6 Å². The van der Waals surface area contributed by atoms with Gasteiger partial charge in [-0.15, -0.1) is 0 Å². The van der Waals surface area contributed by atoms with E-state index >= 15 is 0 Å². The molecule has 0 spiro atoms. The van der Waals surface area contributed by atoms with E-state index in [0.29, 0.717) is 18.0 Å². The molecule has 0 aliphatic heterocycles. The van der Waals surface area contributed by atoms with Crippen molar-refractivity contribution >= 4 is 17.5 Å². The van der Waals surface area contributed by atoms with E-state index in [-0.39, 0.29) is 17.9 Å².